The van der Waals surface area contributed by atoms with E-state index in [1.165, 1.54) is 12.1 Å². The number of hydrogen-bond donors (Lipinski definition) is 2. The van der Waals surface area contributed by atoms with Gasteiger partial charge in [-0.1, -0.05) is 24.1 Å². The van der Waals surface area contributed by atoms with E-state index in [1.807, 2.05) is 10.9 Å². The smallest absolute Gasteiger partial charge is 0.123 e. The molecule has 5 rings (SSSR count). The maximum Gasteiger partial charge on any atom is 0.123 e. The van der Waals surface area contributed by atoms with Crippen molar-refractivity contribution in [2.24, 2.45) is 5.41 Å². The maximum atomic E-state index is 13.4. The highest BCUT2D eigenvalue weighted by molar-refractivity contribution is 6.31. The van der Waals surface area contributed by atoms with Crippen molar-refractivity contribution >= 4 is 17.7 Å². The van der Waals surface area contributed by atoms with Gasteiger partial charge in [-0.05, 0) is 73.7 Å². The molecular weight excluding hydrogens is 429 g/mol. The topological polar surface area (TPSA) is 71.2 Å². The van der Waals surface area contributed by atoms with Crippen molar-refractivity contribution in [1.82, 2.24) is 14.8 Å². The second-order valence-corrected chi connectivity index (χ2v) is 9.25. The van der Waals surface area contributed by atoms with Crippen LogP contribution in [0.2, 0.25) is 5.02 Å². The van der Waals surface area contributed by atoms with E-state index in [2.05, 4.69) is 23.1 Å². The molecule has 0 radical (unpaired) electrons. The van der Waals surface area contributed by atoms with E-state index in [1.54, 1.807) is 30.5 Å². The summed E-state index contributed by atoms with van der Waals surface area (Å²) in [6.07, 6.45) is 7.41. The van der Waals surface area contributed by atoms with Crippen molar-refractivity contribution < 1.29 is 14.6 Å². The Labute approximate surface area is 191 Å². The number of hydrogen-bond acceptors (Lipinski definition) is 4. The van der Waals surface area contributed by atoms with Crippen molar-refractivity contribution in [1.29, 1.82) is 0 Å². The molecular formula is C25H25ClFN3O2. The van der Waals surface area contributed by atoms with E-state index < -0.39 is 17.1 Å². The Kier molecular flexibility index (Phi) is 5.19. The quantitative estimate of drug-likeness (QED) is 0.567. The third-order valence-corrected chi connectivity index (χ3v) is 7.63. The molecule has 2 heterocycles. The minimum absolute atomic E-state index is 0.163. The van der Waals surface area contributed by atoms with Gasteiger partial charge in [0.05, 0.1) is 33.9 Å². The standard InChI is InChI=1S/C25H25ClFN3O2/c1-2-24-13-16-15-29-30(19-7-5-18(27)6-8-19)21(16)12-17(24)9-10-25(24,32)14-22(31)23-20(26)4-3-11-28-23/h3-8,11-12,15,22,31-32H,2,9-10,13-14H2,1H3/t22?,24-,25+/m0/s1. The summed E-state index contributed by atoms with van der Waals surface area (Å²) in [4.78, 5) is 4.24. The van der Waals surface area contributed by atoms with Gasteiger partial charge >= 0.3 is 0 Å². The molecule has 3 atom stereocenters. The highest BCUT2D eigenvalue weighted by Gasteiger charge is 2.57. The summed E-state index contributed by atoms with van der Waals surface area (Å²) < 4.78 is 15.2. The largest absolute Gasteiger partial charge is 0.389 e. The molecule has 166 valence electrons. The molecule has 1 fully saturated rings. The molecule has 7 heteroatoms. The zero-order valence-electron chi connectivity index (χ0n) is 17.8. The van der Waals surface area contributed by atoms with Crippen LogP contribution in [0, 0.1) is 11.2 Å². The van der Waals surface area contributed by atoms with Gasteiger partial charge in [0.1, 0.15) is 11.9 Å². The number of aliphatic hydroxyl groups excluding tert-OH is 1. The predicted octanol–water partition coefficient (Wildman–Crippen LogP) is 5.04. The first kappa shape index (κ1) is 21.3. The number of aromatic nitrogens is 3. The Hall–Kier alpha value is -2.54. The van der Waals surface area contributed by atoms with Crippen LogP contribution in [0.4, 0.5) is 4.39 Å². The van der Waals surface area contributed by atoms with Crippen LogP contribution in [0.5, 0.6) is 0 Å². The number of benzene rings is 1. The first-order chi connectivity index (χ1) is 15.4. The van der Waals surface area contributed by atoms with Crippen LogP contribution in [-0.4, -0.2) is 30.6 Å². The van der Waals surface area contributed by atoms with Crippen LogP contribution >= 0.6 is 11.6 Å². The van der Waals surface area contributed by atoms with Gasteiger partial charge < -0.3 is 10.2 Å². The van der Waals surface area contributed by atoms with E-state index in [0.29, 0.717) is 23.6 Å². The maximum absolute atomic E-state index is 13.4. The molecule has 5 nitrogen and oxygen atoms in total. The van der Waals surface area contributed by atoms with Gasteiger partial charge in [0, 0.05) is 18.0 Å². The zero-order chi connectivity index (χ0) is 22.5. The second-order valence-electron chi connectivity index (χ2n) is 8.85. The molecule has 1 saturated carbocycles. The SMILES string of the molecule is CC[C@]12Cc3cnn(-c4ccc(F)cc4)c3C=C1CC[C@@]2(O)CC(O)c1ncccc1Cl. The van der Waals surface area contributed by atoms with Crippen molar-refractivity contribution in [3.8, 4) is 5.69 Å². The van der Waals surface area contributed by atoms with Crippen LogP contribution in [0.3, 0.4) is 0 Å². The Bertz CT molecular complexity index is 1190. The van der Waals surface area contributed by atoms with E-state index in [-0.39, 0.29) is 12.2 Å². The molecule has 3 aromatic rings. The van der Waals surface area contributed by atoms with Gasteiger partial charge in [0.25, 0.3) is 0 Å². The first-order valence-corrected chi connectivity index (χ1v) is 11.3. The minimum Gasteiger partial charge on any atom is -0.389 e. The molecule has 0 amide bonds. The molecule has 0 spiro atoms. The zero-order valence-corrected chi connectivity index (χ0v) is 18.6. The predicted molar refractivity (Wildman–Crippen MR) is 121 cm³/mol. The first-order valence-electron chi connectivity index (χ1n) is 10.9. The lowest BCUT2D eigenvalue weighted by atomic mass is 9.62. The third kappa shape index (κ3) is 3.20. The van der Waals surface area contributed by atoms with Crippen LogP contribution in [0.15, 0.2) is 54.4 Å². The molecule has 2 N–H and O–H groups in total. The normalized spacial score (nSPS) is 25.2. The summed E-state index contributed by atoms with van der Waals surface area (Å²) in [6.45, 7) is 2.08. The van der Waals surface area contributed by atoms with Gasteiger partial charge in [-0.2, -0.15) is 5.10 Å². The van der Waals surface area contributed by atoms with E-state index >= 15 is 0 Å². The summed E-state index contributed by atoms with van der Waals surface area (Å²) in [7, 11) is 0. The lowest BCUT2D eigenvalue weighted by Gasteiger charge is -2.45. The van der Waals surface area contributed by atoms with Crippen LogP contribution in [-0.2, 0) is 6.42 Å². The van der Waals surface area contributed by atoms with E-state index in [4.69, 9.17) is 11.6 Å². The third-order valence-electron chi connectivity index (χ3n) is 7.31. The Morgan fingerprint density at radius 3 is 2.75 bits per heavy atom. The summed E-state index contributed by atoms with van der Waals surface area (Å²) in [5.41, 5.74) is 2.77. The van der Waals surface area contributed by atoms with Crippen molar-refractivity contribution in [2.45, 2.75) is 50.7 Å². The van der Waals surface area contributed by atoms with Gasteiger partial charge in [-0.25, -0.2) is 9.07 Å². The molecule has 1 unspecified atom stereocenters. The molecule has 32 heavy (non-hydrogen) atoms. The molecule has 2 aromatic heterocycles. The molecule has 2 aliphatic rings. The Morgan fingerprint density at radius 1 is 1.25 bits per heavy atom. The average molecular weight is 454 g/mol. The van der Waals surface area contributed by atoms with E-state index in [9.17, 15) is 14.6 Å². The summed E-state index contributed by atoms with van der Waals surface area (Å²) in [6, 6.07) is 9.69. The Morgan fingerprint density at radius 2 is 2.03 bits per heavy atom. The number of pyridine rings is 1. The monoisotopic (exact) mass is 453 g/mol. The van der Waals surface area contributed by atoms with Gasteiger partial charge in [-0.3, -0.25) is 4.98 Å². The van der Waals surface area contributed by atoms with Crippen molar-refractivity contribution in [3.63, 3.8) is 0 Å². The van der Waals surface area contributed by atoms with Crippen LogP contribution in [0.1, 0.15) is 55.7 Å². The van der Waals surface area contributed by atoms with E-state index in [0.717, 1.165) is 35.4 Å². The Balaban J connectivity index is 1.50. The highest BCUT2D eigenvalue weighted by atomic mass is 35.5. The number of nitrogens with zero attached hydrogens (tertiary/aromatic N) is 3. The molecule has 1 aromatic carbocycles. The number of aliphatic hydroxyl groups is 2. The number of halogens is 2. The molecule has 0 bridgehead atoms. The van der Waals surface area contributed by atoms with Crippen molar-refractivity contribution in [2.75, 3.05) is 0 Å². The highest BCUT2D eigenvalue weighted by Crippen LogP contribution is 2.59. The molecule has 0 saturated heterocycles. The van der Waals surface area contributed by atoms with Gasteiger partial charge in [0.2, 0.25) is 0 Å². The summed E-state index contributed by atoms with van der Waals surface area (Å²) in [5, 5.41) is 27.8. The molecule has 0 aliphatic heterocycles. The fraction of sp³-hybridized carbons (Fsp3) is 0.360. The fourth-order valence-corrected chi connectivity index (χ4v) is 5.85. The number of rotatable bonds is 5. The van der Waals surface area contributed by atoms with Crippen molar-refractivity contribution in [3.05, 3.63) is 82.2 Å². The van der Waals surface area contributed by atoms with Crippen LogP contribution < -0.4 is 0 Å². The lowest BCUT2D eigenvalue weighted by Crippen LogP contribution is -2.48. The second kappa shape index (κ2) is 7.80. The lowest BCUT2D eigenvalue weighted by molar-refractivity contribution is -0.0834. The fourth-order valence-electron chi connectivity index (χ4n) is 5.61. The van der Waals surface area contributed by atoms with Gasteiger partial charge in [-0.15, -0.1) is 0 Å². The molecule has 2 aliphatic carbocycles. The van der Waals surface area contributed by atoms with Gasteiger partial charge in [0.15, 0.2) is 0 Å². The summed E-state index contributed by atoms with van der Waals surface area (Å²) >= 11 is 6.24. The van der Waals surface area contributed by atoms with Crippen LogP contribution in [0.25, 0.3) is 11.8 Å². The summed E-state index contributed by atoms with van der Waals surface area (Å²) in [5.74, 6) is -0.287. The average Bonchev–Trinajstić information content (AvgIpc) is 3.31. The number of fused-ring (bicyclic) bond motifs is 2. The minimum atomic E-state index is -1.09.